The molecule has 4 N–H and O–H groups in total. The first-order chi connectivity index (χ1) is 3.94. The van der Waals surface area contributed by atoms with Gasteiger partial charge in [0.25, 0.3) is 0 Å². The van der Waals surface area contributed by atoms with E-state index >= 15 is 0 Å². The maximum atomic E-state index is 11.1. The van der Waals surface area contributed by atoms with Gasteiger partial charge in [0.1, 0.15) is 0 Å². The third kappa shape index (κ3) is 7.71. The molecule has 0 amide bonds. The Hall–Kier alpha value is -0.290. The van der Waals surface area contributed by atoms with Crippen molar-refractivity contribution in [2.24, 2.45) is 11.5 Å². The Kier molecular flexibility index (Phi) is 5.85. The van der Waals surface area contributed by atoms with E-state index < -0.39 is 12.2 Å². The minimum absolute atomic E-state index is 0.903. The van der Waals surface area contributed by atoms with E-state index in [9.17, 15) is 13.2 Å². The fourth-order valence-corrected chi connectivity index (χ4v) is 0. The summed E-state index contributed by atoms with van der Waals surface area (Å²) in [6.45, 7) is 0.903. The van der Waals surface area contributed by atoms with Gasteiger partial charge in [0, 0.05) is 0 Å². The van der Waals surface area contributed by atoms with E-state index in [1.165, 1.54) is 7.05 Å². The number of alkyl halides is 3. The SMILES string of the molecule is CC(N)C(F)(F)F.CN. The molecule has 2 nitrogen and oxygen atoms in total. The highest BCUT2D eigenvalue weighted by Gasteiger charge is 2.32. The summed E-state index contributed by atoms with van der Waals surface area (Å²) >= 11 is 0. The third-order valence-electron chi connectivity index (χ3n) is 0.516. The second-order valence-electron chi connectivity index (χ2n) is 1.33. The molecule has 0 aliphatic rings. The van der Waals surface area contributed by atoms with Crippen LogP contribution >= 0.6 is 0 Å². The highest BCUT2D eigenvalue weighted by atomic mass is 19.4. The molecule has 0 bridgehead atoms. The van der Waals surface area contributed by atoms with E-state index in [0.717, 1.165) is 6.92 Å². The van der Waals surface area contributed by atoms with Crippen molar-refractivity contribution in [2.75, 3.05) is 7.05 Å². The molecule has 0 heterocycles. The lowest BCUT2D eigenvalue weighted by Crippen LogP contribution is -2.33. The number of rotatable bonds is 0. The van der Waals surface area contributed by atoms with Gasteiger partial charge in [-0.2, -0.15) is 13.2 Å². The third-order valence-corrected chi connectivity index (χ3v) is 0.516. The quantitative estimate of drug-likeness (QED) is 0.519. The van der Waals surface area contributed by atoms with Crippen molar-refractivity contribution in [1.29, 1.82) is 0 Å². The summed E-state index contributed by atoms with van der Waals surface area (Å²) in [5.74, 6) is 0. The van der Waals surface area contributed by atoms with Crippen molar-refractivity contribution in [2.45, 2.75) is 19.1 Å². The van der Waals surface area contributed by atoms with Crippen LogP contribution < -0.4 is 11.5 Å². The molecule has 0 rings (SSSR count). The molecule has 1 unspecified atom stereocenters. The van der Waals surface area contributed by atoms with Gasteiger partial charge in [-0.05, 0) is 14.0 Å². The average molecular weight is 144 g/mol. The van der Waals surface area contributed by atoms with E-state index in [0.29, 0.717) is 0 Å². The highest BCUT2D eigenvalue weighted by molar-refractivity contribution is 4.61. The molecule has 0 aliphatic carbocycles. The minimum Gasteiger partial charge on any atom is -0.333 e. The fraction of sp³-hybridized carbons (Fsp3) is 1.00. The smallest absolute Gasteiger partial charge is 0.333 e. The van der Waals surface area contributed by atoms with Crippen molar-refractivity contribution < 1.29 is 13.2 Å². The van der Waals surface area contributed by atoms with Gasteiger partial charge >= 0.3 is 6.18 Å². The summed E-state index contributed by atoms with van der Waals surface area (Å²) < 4.78 is 33.2. The second-order valence-corrected chi connectivity index (χ2v) is 1.33. The van der Waals surface area contributed by atoms with Gasteiger partial charge in [0.2, 0.25) is 0 Å². The topological polar surface area (TPSA) is 52.0 Å². The predicted octanol–water partition coefficient (Wildman–Crippen LogP) is 0.471. The zero-order valence-electron chi connectivity index (χ0n) is 5.37. The first-order valence-electron chi connectivity index (χ1n) is 2.34. The van der Waals surface area contributed by atoms with Crippen LogP contribution in [0.25, 0.3) is 0 Å². The molecular weight excluding hydrogens is 133 g/mol. The van der Waals surface area contributed by atoms with Crippen LogP contribution in [-0.4, -0.2) is 19.3 Å². The van der Waals surface area contributed by atoms with Crippen LogP contribution in [0.5, 0.6) is 0 Å². The molecule has 5 heteroatoms. The largest absolute Gasteiger partial charge is 0.403 e. The van der Waals surface area contributed by atoms with Crippen molar-refractivity contribution in [3.63, 3.8) is 0 Å². The lowest BCUT2D eigenvalue weighted by atomic mass is 10.4. The first kappa shape index (κ1) is 11.5. The Balaban J connectivity index is 0. The molecule has 0 fully saturated rings. The monoisotopic (exact) mass is 144 g/mol. The zero-order chi connectivity index (χ0) is 8.08. The predicted molar refractivity (Wildman–Crippen MR) is 29.8 cm³/mol. The lowest BCUT2D eigenvalue weighted by Gasteiger charge is -2.07. The Morgan fingerprint density at radius 3 is 1.33 bits per heavy atom. The van der Waals surface area contributed by atoms with Crippen LogP contribution in [0, 0.1) is 0 Å². The summed E-state index contributed by atoms with van der Waals surface area (Å²) in [5.41, 5.74) is 8.94. The van der Waals surface area contributed by atoms with Crippen molar-refractivity contribution in [3.05, 3.63) is 0 Å². The summed E-state index contributed by atoms with van der Waals surface area (Å²) in [4.78, 5) is 0. The molecule has 9 heavy (non-hydrogen) atoms. The fourth-order valence-electron chi connectivity index (χ4n) is 0. The first-order valence-corrected chi connectivity index (χ1v) is 2.34. The molecule has 1 atom stereocenters. The van der Waals surface area contributed by atoms with Crippen molar-refractivity contribution in [3.8, 4) is 0 Å². The summed E-state index contributed by atoms with van der Waals surface area (Å²) in [7, 11) is 1.50. The van der Waals surface area contributed by atoms with E-state index in [1.54, 1.807) is 0 Å². The molecule has 0 saturated heterocycles. The maximum absolute atomic E-state index is 11.1. The Morgan fingerprint density at radius 2 is 1.33 bits per heavy atom. The second kappa shape index (κ2) is 4.58. The van der Waals surface area contributed by atoms with E-state index in [4.69, 9.17) is 0 Å². The van der Waals surface area contributed by atoms with E-state index in [-0.39, 0.29) is 0 Å². The van der Waals surface area contributed by atoms with Crippen molar-refractivity contribution >= 4 is 0 Å². The molecule has 0 aromatic heterocycles. The molecule has 0 radical (unpaired) electrons. The van der Waals surface area contributed by atoms with Crippen LogP contribution in [0.2, 0.25) is 0 Å². The molecule has 58 valence electrons. The molecular formula is C4H11F3N2. The van der Waals surface area contributed by atoms with Crippen LogP contribution in [0.3, 0.4) is 0 Å². The zero-order valence-corrected chi connectivity index (χ0v) is 5.37. The number of hydrogen-bond acceptors (Lipinski definition) is 2. The summed E-state index contributed by atoms with van der Waals surface area (Å²) in [6.07, 6.45) is -4.22. The standard InChI is InChI=1S/C3H6F3N.CH5N/c1-2(7)3(4,5)6;1-2/h2H,7H2,1H3;2H2,1H3. The number of halogens is 3. The van der Waals surface area contributed by atoms with Crippen LogP contribution in [-0.2, 0) is 0 Å². The molecule has 0 saturated carbocycles. The van der Waals surface area contributed by atoms with Gasteiger partial charge in [-0.1, -0.05) is 0 Å². The van der Waals surface area contributed by atoms with E-state index in [1.807, 2.05) is 0 Å². The summed E-state index contributed by atoms with van der Waals surface area (Å²) in [5, 5.41) is 0. The van der Waals surface area contributed by atoms with Crippen LogP contribution in [0.1, 0.15) is 6.92 Å². The summed E-state index contributed by atoms with van der Waals surface area (Å²) in [6, 6.07) is -1.70. The Bertz CT molecular complexity index is 59.3. The normalized spacial score (nSPS) is 13.7. The van der Waals surface area contributed by atoms with Crippen molar-refractivity contribution in [1.82, 2.24) is 0 Å². The maximum Gasteiger partial charge on any atom is 0.403 e. The Labute approximate surface area is 52.0 Å². The average Bonchev–Trinajstić information content (AvgIpc) is 1.69. The van der Waals surface area contributed by atoms with Gasteiger partial charge in [-0.15, -0.1) is 0 Å². The Morgan fingerprint density at radius 1 is 1.22 bits per heavy atom. The van der Waals surface area contributed by atoms with Gasteiger partial charge < -0.3 is 11.5 Å². The molecule has 0 spiro atoms. The molecule has 0 aromatic carbocycles. The lowest BCUT2D eigenvalue weighted by molar-refractivity contribution is -0.143. The molecule has 0 aromatic rings. The molecule has 0 aliphatic heterocycles. The van der Waals surface area contributed by atoms with E-state index in [2.05, 4.69) is 11.5 Å². The minimum atomic E-state index is -4.22. The van der Waals surface area contributed by atoms with Crippen LogP contribution in [0.15, 0.2) is 0 Å². The number of nitrogens with two attached hydrogens (primary N) is 2. The van der Waals surface area contributed by atoms with Gasteiger partial charge in [-0.25, -0.2) is 0 Å². The number of hydrogen-bond donors (Lipinski definition) is 2. The highest BCUT2D eigenvalue weighted by Crippen LogP contribution is 2.16. The van der Waals surface area contributed by atoms with Crippen LogP contribution in [0.4, 0.5) is 13.2 Å². The van der Waals surface area contributed by atoms with Gasteiger partial charge in [-0.3, -0.25) is 0 Å². The van der Waals surface area contributed by atoms with Gasteiger partial charge in [0.05, 0.1) is 6.04 Å². The van der Waals surface area contributed by atoms with Gasteiger partial charge in [0.15, 0.2) is 0 Å².